The molecule has 3 unspecified atom stereocenters. The van der Waals surface area contributed by atoms with E-state index in [4.69, 9.17) is 0 Å². The van der Waals surface area contributed by atoms with Crippen molar-refractivity contribution in [1.29, 1.82) is 0 Å². The van der Waals surface area contributed by atoms with Crippen LogP contribution < -0.4 is 5.32 Å². The molecule has 1 aromatic rings. The van der Waals surface area contributed by atoms with Crippen LogP contribution in [0.25, 0.3) is 0 Å². The number of hydrogen-bond donors (Lipinski definition) is 1. The molecule has 2 fully saturated rings. The summed E-state index contributed by atoms with van der Waals surface area (Å²) in [5.74, 6) is 2.87. The summed E-state index contributed by atoms with van der Waals surface area (Å²) >= 11 is 3.90. The zero-order valence-corrected chi connectivity index (χ0v) is 13.2. The van der Waals surface area contributed by atoms with Gasteiger partial charge in [-0.05, 0) is 67.1 Å². The number of nitrogens with one attached hydrogen (secondary N) is 1. The molecule has 0 saturated heterocycles. The lowest BCUT2D eigenvalue weighted by molar-refractivity contribution is 0.0956. The van der Waals surface area contributed by atoms with Gasteiger partial charge in [0.1, 0.15) is 0 Å². The second-order valence-corrected chi connectivity index (χ2v) is 7.65. The SMILES string of the molecule is O=C1NCCCc2ccc(C(Br)C3CC4CC4C3)cc21. The molecule has 3 atom stereocenters. The first kappa shape index (κ1) is 12.9. The summed E-state index contributed by atoms with van der Waals surface area (Å²) in [6.45, 7) is 0.798. The maximum atomic E-state index is 12.1. The maximum Gasteiger partial charge on any atom is 0.251 e. The Hall–Kier alpha value is -0.830. The molecule has 1 amide bonds. The number of aryl methyl sites for hydroxylation is 1. The van der Waals surface area contributed by atoms with Gasteiger partial charge in [0.05, 0.1) is 0 Å². The van der Waals surface area contributed by atoms with Crippen molar-refractivity contribution in [3.63, 3.8) is 0 Å². The summed E-state index contributed by atoms with van der Waals surface area (Å²) in [6.07, 6.45) is 6.24. The van der Waals surface area contributed by atoms with Crippen LogP contribution in [0, 0.1) is 17.8 Å². The highest BCUT2D eigenvalue weighted by Crippen LogP contribution is 2.58. The molecule has 3 aliphatic rings. The van der Waals surface area contributed by atoms with Gasteiger partial charge in [0.2, 0.25) is 0 Å². The Morgan fingerprint density at radius 1 is 1.20 bits per heavy atom. The third kappa shape index (κ3) is 2.20. The first-order valence-electron chi connectivity index (χ1n) is 7.77. The molecule has 20 heavy (non-hydrogen) atoms. The van der Waals surface area contributed by atoms with Crippen molar-refractivity contribution in [2.24, 2.45) is 17.8 Å². The number of carbonyl (C=O) groups is 1. The number of rotatable bonds is 2. The highest BCUT2D eigenvalue weighted by atomic mass is 79.9. The molecule has 0 bridgehead atoms. The first-order valence-corrected chi connectivity index (χ1v) is 8.69. The fourth-order valence-electron chi connectivity index (χ4n) is 4.04. The zero-order chi connectivity index (χ0) is 13.7. The molecular weight excluding hydrogens is 314 g/mol. The summed E-state index contributed by atoms with van der Waals surface area (Å²) in [4.78, 5) is 12.5. The van der Waals surface area contributed by atoms with Gasteiger partial charge in [-0.3, -0.25) is 4.79 Å². The Morgan fingerprint density at radius 3 is 2.80 bits per heavy atom. The van der Waals surface area contributed by atoms with Gasteiger partial charge < -0.3 is 5.32 Å². The van der Waals surface area contributed by atoms with E-state index < -0.39 is 0 Å². The van der Waals surface area contributed by atoms with Crippen LogP contribution in [0.3, 0.4) is 0 Å². The number of alkyl halides is 1. The molecule has 1 heterocycles. The van der Waals surface area contributed by atoms with E-state index in [0.29, 0.717) is 4.83 Å². The Labute approximate surface area is 128 Å². The molecule has 106 valence electrons. The van der Waals surface area contributed by atoms with Crippen molar-refractivity contribution in [3.8, 4) is 0 Å². The molecule has 2 aliphatic carbocycles. The topological polar surface area (TPSA) is 29.1 Å². The van der Waals surface area contributed by atoms with E-state index in [1.54, 1.807) is 0 Å². The minimum Gasteiger partial charge on any atom is -0.352 e. The summed E-state index contributed by atoms with van der Waals surface area (Å²) in [7, 11) is 0. The number of amides is 1. The van der Waals surface area contributed by atoms with E-state index in [1.165, 1.54) is 30.4 Å². The van der Waals surface area contributed by atoms with Crippen LogP contribution in [-0.2, 0) is 6.42 Å². The molecule has 4 rings (SSSR count). The van der Waals surface area contributed by atoms with E-state index in [2.05, 4.69) is 39.4 Å². The molecule has 0 radical (unpaired) electrons. The number of benzene rings is 1. The summed E-state index contributed by atoms with van der Waals surface area (Å²) in [5.41, 5.74) is 3.39. The fourth-order valence-corrected chi connectivity index (χ4v) is 4.76. The van der Waals surface area contributed by atoms with Crippen LogP contribution in [0.15, 0.2) is 18.2 Å². The average Bonchev–Trinajstić information content (AvgIpc) is 3.13. The minimum atomic E-state index is 0.105. The van der Waals surface area contributed by atoms with Gasteiger partial charge in [-0.1, -0.05) is 28.1 Å². The maximum absolute atomic E-state index is 12.1. The Morgan fingerprint density at radius 2 is 2.00 bits per heavy atom. The highest BCUT2D eigenvalue weighted by molar-refractivity contribution is 9.09. The van der Waals surface area contributed by atoms with E-state index in [1.807, 2.05) is 0 Å². The summed E-state index contributed by atoms with van der Waals surface area (Å²) in [6, 6.07) is 6.51. The van der Waals surface area contributed by atoms with E-state index >= 15 is 0 Å². The molecule has 2 saturated carbocycles. The van der Waals surface area contributed by atoms with Crippen LogP contribution in [0.5, 0.6) is 0 Å². The minimum absolute atomic E-state index is 0.105. The van der Waals surface area contributed by atoms with E-state index in [-0.39, 0.29) is 5.91 Å². The molecule has 1 aliphatic heterocycles. The Balaban J connectivity index is 1.60. The lowest BCUT2D eigenvalue weighted by atomic mass is 9.92. The Kier molecular flexibility index (Phi) is 3.13. The van der Waals surface area contributed by atoms with Crippen molar-refractivity contribution in [2.45, 2.75) is 36.9 Å². The predicted molar refractivity (Wildman–Crippen MR) is 83.1 cm³/mol. The molecule has 1 aromatic carbocycles. The standard InChI is InChI=1S/C17H20BrNO/c18-16(14-7-12-6-13(12)8-14)11-4-3-10-2-1-5-19-17(20)15(10)9-11/h3-4,9,12-14,16H,1-2,5-8H2,(H,19,20). The molecule has 0 spiro atoms. The van der Waals surface area contributed by atoms with Gasteiger partial charge in [-0.25, -0.2) is 0 Å². The van der Waals surface area contributed by atoms with Crippen molar-refractivity contribution >= 4 is 21.8 Å². The van der Waals surface area contributed by atoms with Crippen LogP contribution in [0.1, 0.15) is 52.0 Å². The van der Waals surface area contributed by atoms with Gasteiger partial charge in [0, 0.05) is 16.9 Å². The predicted octanol–water partition coefficient (Wildman–Crippen LogP) is 3.84. The lowest BCUT2D eigenvalue weighted by Gasteiger charge is -2.20. The van der Waals surface area contributed by atoms with Crippen LogP contribution in [0.4, 0.5) is 0 Å². The van der Waals surface area contributed by atoms with Gasteiger partial charge in [0.15, 0.2) is 0 Å². The lowest BCUT2D eigenvalue weighted by Crippen LogP contribution is -2.22. The Bertz CT molecular complexity index is 546. The third-order valence-corrected chi connectivity index (χ3v) is 6.58. The molecule has 0 aromatic heterocycles. The quantitative estimate of drug-likeness (QED) is 0.818. The highest BCUT2D eigenvalue weighted by Gasteiger charge is 2.47. The zero-order valence-electron chi connectivity index (χ0n) is 11.6. The first-order chi connectivity index (χ1) is 9.72. The smallest absolute Gasteiger partial charge is 0.251 e. The fraction of sp³-hybridized carbons (Fsp3) is 0.588. The van der Waals surface area contributed by atoms with Crippen LogP contribution >= 0.6 is 15.9 Å². The van der Waals surface area contributed by atoms with Crippen molar-refractivity contribution in [2.75, 3.05) is 6.54 Å². The van der Waals surface area contributed by atoms with E-state index in [0.717, 1.165) is 42.7 Å². The largest absolute Gasteiger partial charge is 0.352 e. The number of fused-ring (bicyclic) bond motifs is 2. The van der Waals surface area contributed by atoms with Crippen LogP contribution in [0.2, 0.25) is 0 Å². The van der Waals surface area contributed by atoms with Crippen molar-refractivity contribution in [1.82, 2.24) is 5.32 Å². The second kappa shape index (κ2) is 4.87. The van der Waals surface area contributed by atoms with Crippen molar-refractivity contribution in [3.05, 3.63) is 34.9 Å². The normalized spacial score (nSPS) is 32.9. The van der Waals surface area contributed by atoms with Gasteiger partial charge in [-0.2, -0.15) is 0 Å². The average molecular weight is 334 g/mol. The van der Waals surface area contributed by atoms with Crippen LogP contribution in [-0.4, -0.2) is 12.5 Å². The van der Waals surface area contributed by atoms with Gasteiger partial charge in [-0.15, -0.1) is 0 Å². The third-order valence-electron chi connectivity index (χ3n) is 5.30. The number of carbonyl (C=O) groups excluding carboxylic acids is 1. The van der Waals surface area contributed by atoms with E-state index in [9.17, 15) is 4.79 Å². The number of hydrogen-bond acceptors (Lipinski definition) is 1. The van der Waals surface area contributed by atoms with Gasteiger partial charge in [0.25, 0.3) is 5.91 Å². The molecule has 3 heteroatoms. The monoisotopic (exact) mass is 333 g/mol. The summed E-state index contributed by atoms with van der Waals surface area (Å²) in [5, 5.41) is 3.00. The molecule has 1 N–H and O–H groups in total. The molecular formula is C17H20BrNO. The van der Waals surface area contributed by atoms with Gasteiger partial charge >= 0.3 is 0 Å². The second-order valence-electron chi connectivity index (χ2n) is 6.67. The summed E-state index contributed by atoms with van der Waals surface area (Å²) < 4.78 is 0. The molecule has 2 nitrogen and oxygen atoms in total. The number of halogens is 1. The van der Waals surface area contributed by atoms with Crippen molar-refractivity contribution < 1.29 is 4.79 Å².